The van der Waals surface area contributed by atoms with Crippen molar-refractivity contribution < 1.29 is 38.6 Å². The summed E-state index contributed by atoms with van der Waals surface area (Å²) in [5, 5.41) is 50.8. The number of hydrogen-bond donors (Lipinski definition) is 0. The molecule has 0 unspecified atom stereocenters. The Labute approximate surface area is 388 Å². The highest BCUT2D eigenvalue weighted by atomic mass is 32.2. The summed E-state index contributed by atoms with van der Waals surface area (Å²) in [6, 6.07) is 10.6. The van der Waals surface area contributed by atoms with E-state index in [1.165, 1.54) is 48.5 Å². The first-order valence-corrected chi connectivity index (χ1v) is 24.2. The molecule has 0 saturated heterocycles. The van der Waals surface area contributed by atoms with Crippen molar-refractivity contribution in [1.29, 1.82) is 0 Å². The van der Waals surface area contributed by atoms with Crippen LogP contribution >= 0.6 is 47.0 Å². The van der Waals surface area contributed by atoms with Gasteiger partial charge in [0.2, 0.25) is 0 Å². The molecule has 0 radical (unpaired) electrons. The summed E-state index contributed by atoms with van der Waals surface area (Å²) in [6.45, 7) is 16.7. The molecule has 20 heteroatoms. The van der Waals surface area contributed by atoms with E-state index in [2.05, 4.69) is 0 Å². The molecule has 0 fully saturated rings. The number of benzene rings is 4. The fraction of sp³-hybridized carbons (Fsp3) is 0.455. The SMILES string of the molecule is CC[C@H](C)COc1c2cc([N+](=O)[O-])cc1Sc1cc([N+](=O)[O-])cc(c1OC[C@@H](C)CC)Sc1cc([N+](=O)[O-])cc(c1OC[C@@H](C)CC)Sc1cc([N+](=O)[O-])cc(c1OC[C@@H](C)CC)S2. The summed E-state index contributed by atoms with van der Waals surface area (Å²) in [4.78, 5) is 50.4. The minimum Gasteiger partial charge on any atom is -0.491 e. The highest BCUT2D eigenvalue weighted by Crippen LogP contribution is 2.56. The van der Waals surface area contributed by atoms with Crippen LogP contribution in [0, 0.1) is 64.1 Å². The molecule has 1 aliphatic rings. The van der Waals surface area contributed by atoms with Gasteiger partial charge in [-0.05, 0) is 23.7 Å². The van der Waals surface area contributed by atoms with E-state index in [-0.39, 0.29) is 135 Å². The lowest BCUT2D eigenvalue weighted by Gasteiger charge is -2.23. The van der Waals surface area contributed by atoms with Crippen molar-refractivity contribution in [1.82, 2.24) is 0 Å². The second-order valence-electron chi connectivity index (χ2n) is 15.8. The zero-order valence-electron chi connectivity index (χ0n) is 36.9. The smallest absolute Gasteiger partial charge is 0.271 e. The number of ether oxygens (including phenoxy) is 4. The maximum Gasteiger partial charge on any atom is 0.271 e. The molecule has 0 aromatic heterocycles. The molecule has 16 nitrogen and oxygen atoms in total. The van der Waals surface area contributed by atoms with E-state index in [0.717, 1.165) is 72.7 Å². The standard InChI is InChI=1S/C44H52N4O12S4/c1-9-25(5)21-57-41-33-13-29(45(49)50)14-34(41)62-36-16-31(47(53)54)18-38(43(36)59-23-27(7)11-3)64-40-20-32(48(55)56)19-39(44(40)60-24-28(8)12-4)63-37-17-30(46(51)52)15-35(61-33)42(37)58-22-26(6)10-2/h13-20,25-28H,9-12,21-24H2,1-8H3/t25-,26-,27-,28-/m0/s1. The Morgan fingerprint density at radius 3 is 0.656 bits per heavy atom. The second-order valence-corrected chi connectivity index (χ2v) is 20.2. The van der Waals surface area contributed by atoms with Gasteiger partial charge in [-0.3, -0.25) is 40.5 Å². The van der Waals surface area contributed by atoms with Crippen LogP contribution in [0.25, 0.3) is 0 Å². The summed E-state index contributed by atoms with van der Waals surface area (Å²) in [7, 11) is 0. The Kier molecular flexibility index (Phi) is 17.9. The zero-order valence-corrected chi connectivity index (χ0v) is 40.2. The van der Waals surface area contributed by atoms with Crippen molar-refractivity contribution in [2.75, 3.05) is 26.4 Å². The third-order valence-corrected chi connectivity index (χ3v) is 14.8. The molecule has 1 heterocycles. The quantitative estimate of drug-likeness (QED) is 0.0524. The van der Waals surface area contributed by atoms with Crippen molar-refractivity contribution in [3.63, 3.8) is 0 Å². The van der Waals surface area contributed by atoms with E-state index in [4.69, 9.17) is 18.9 Å². The molecule has 0 aliphatic carbocycles. The lowest BCUT2D eigenvalue weighted by atomic mass is 10.1. The van der Waals surface area contributed by atoms with Crippen LogP contribution in [0.5, 0.6) is 23.0 Å². The number of non-ortho nitro benzene ring substituents is 4. The van der Waals surface area contributed by atoms with Gasteiger partial charge in [0.15, 0.2) is 0 Å². The van der Waals surface area contributed by atoms with Gasteiger partial charge in [0.25, 0.3) is 22.7 Å². The van der Waals surface area contributed by atoms with E-state index in [1.807, 2.05) is 55.4 Å². The van der Waals surface area contributed by atoms with Crippen LogP contribution in [0.1, 0.15) is 81.1 Å². The Morgan fingerprint density at radius 2 is 0.531 bits per heavy atom. The maximum atomic E-state index is 12.7. The van der Waals surface area contributed by atoms with Crippen molar-refractivity contribution in [2.24, 2.45) is 23.7 Å². The van der Waals surface area contributed by atoms with Crippen molar-refractivity contribution in [3.8, 4) is 23.0 Å². The molecule has 1 aliphatic heterocycles. The molecule has 344 valence electrons. The van der Waals surface area contributed by atoms with Gasteiger partial charge in [0, 0.05) is 48.5 Å². The lowest BCUT2D eigenvalue weighted by Crippen LogP contribution is -2.11. The number of nitro benzene ring substituents is 4. The average Bonchev–Trinajstić information content (AvgIpc) is 3.26. The summed E-state index contributed by atoms with van der Waals surface area (Å²) in [6.07, 6.45) is 2.99. The predicted octanol–water partition coefficient (Wildman–Crippen LogP) is 13.9. The van der Waals surface area contributed by atoms with E-state index >= 15 is 0 Å². The first-order valence-electron chi connectivity index (χ1n) is 21.0. The molecule has 8 bridgehead atoms. The largest absolute Gasteiger partial charge is 0.491 e. The van der Waals surface area contributed by atoms with Crippen LogP contribution in [0.4, 0.5) is 22.7 Å². The van der Waals surface area contributed by atoms with Crippen LogP contribution in [0.2, 0.25) is 0 Å². The average molecular weight is 957 g/mol. The van der Waals surface area contributed by atoms with Crippen molar-refractivity contribution in [2.45, 2.75) is 120 Å². The summed E-state index contributed by atoms with van der Waals surface area (Å²) in [5.41, 5.74) is -1.29. The molecule has 0 spiro atoms. The molecule has 0 N–H and O–H groups in total. The fourth-order valence-electron chi connectivity index (χ4n) is 5.70. The zero-order chi connectivity index (χ0) is 46.8. The Balaban J connectivity index is 1.98. The van der Waals surface area contributed by atoms with Crippen LogP contribution in [0.3, 0.4) is 0 Å². The van der Waals surface area contributed by atoms with Crippen LogP contribution < -0.4 is 18.9 Å². The highest BCUT2D eigenvalue weighted by Gasteiger charge is 2.31. The number of fused-ring (bicyclic) bond motifs is 8. The molecule has 0 amide bonds. The topological polar surface area (TPSA) is 209 Å². The number of rotatable bonds is 20. The van der Waals surface area contributed by atoms with Gasteiger partial charge in [-0.2, -0.15) is 0 Å². The van der Waals surface area contributed by atoms with Crippen LogP contribution in [-0.4, -0.2) is 46.1 Å². The van der Waals surface area contributed by atoms with Gasteiger partial charge in [-0.25, -0.2) is 0 Å². The summed E-state index contributed by atoms with van der Waals surface area (Å²) in [5.74, 6) is 1.06. The van der Waals surface area contributed by atoms with Crippen molar-refractivity contribution >= 4 is 69.8 Å². The number of hydrogen-bond acceptors (Lipinski definition) is 16. The van der Waals surface area contributed by atoms with Gasteiger partial charge in [0.05, 0.1) is 85.3 Å². The van der Waals surface area contributed by atoms with E-state index in [1.54, 1.807) is 0 Å². The molecule has 0 saturated carbocycles. The fourth-order valence-corrected chi connectivity index (χ4v) is 10.4. The van der Waals surface area contributed by atoms with Gasteiger partial charge >= 0.3 is 0 Å². The first kappa shape index (κ1) is 50.1. The van der Waals surface area contributed by atoms with Crippen LogP contribution in [-0.2, 0) is 0 Å². The molecule has 4 atom stereocenters. The molecule has 64 heavy (non-hydrogen) atoms. The minimum absolute atomic E-state index is 0.0454. The normalized spacial score (nSPS) is 14.1. The minimum atomic E-state index is -0.560. The highest BCUT2D eigenvalue weighted by molar-refractivity contribution is 8.01. The molecular weight excluding hydrogens is 905 g/mol. The van der Waals surface area contributed by atoms with Crippen LogP contribution in [0.15, 0.2) is 87.7 Å². The second kappa shape index (κ2) is 22.8. The molecule has 5 rings (SSSR count). The monoisotopic (exact) mass is 956 g/mol. The lowest BCUT2D eigenvalue weighted by molar-refractivity contribution is -0.385. The maximum absolute atomic E-state index is 12.7. The number of nitro groups is 4. The summed E-state index contributed by atoms with van der Waals surface area (Å²) >= 11 is 3.91. The van der Waals surface area contributed by atoms with E-state index < -0.39 is 19.7 Å². The Morgan fingerprint density at radius 1 is 0.375 bits per heavy atom. The molecular formula is C44H52N4O12S4. The molecule has 4 aromatic rings. The van der Waals surface area contributed by atoms with Crippen molar-refractivity contribution in [3.05, 3.63) is 89.0 Å². The van der Waals surface area contributed by atoms with Gasteiger partial charge in [0.1, 0.15) is 23.0 Å². The van der Waals surface area contributed by atoms with Gasteiger partial charge < -0.3 is 18.9 Å². The third kappa shape index (κ3) is 12.7. The molecule has 4 aromatic carbocycles. The number of nitrogens with zero attached hydrogens (tertiary/aromatic N) is 4. The predicted molar refractivity (Wildman–Crippen MR) is 249 cm³/mol. The first-order chi connectivity index (χ1) is 30.5. The van der Waals surface area contributed by atoms with E-state index in [9.17, 15) is 40.5 Å². The Hall–Kier alpha value is -4.92. The van der Waals surface area contributed by atoms with E-state index in [0.29, 0.717) is 0 Å². The third-order valence-electron chi connectivity index (χ3n) is 10.6. The van der Waals surface area contributed by atoms with Gasteiger partial charge in [-0.1, -0.05) is 128 Å². The van der Waals surface area contributed by atoms with Gasteiger partial charge in [-0.15, -0.1) is 0 Å². The summed E-state index contributed by atoms with van der Waals surface area (Å²) < 4.78 is 26.2. The Bertz CT molecular complexity index is 1970.